The summed E-state index contributed by atoms with van der Waals surface area (Å²) in [7, 11) is 0. The first kappa shape index (κ1) is 11.0. The third kappa shape index (κ3) is 2.68. The van der Waals surface area contributed by atoms with Gasteiger partial charge in [0.1, 0.15) is 0 Å². The second kappa shape index (κ2) is 3.97. The van der Waals surface area contributed by atoms with Crippen LogP contribution in [0.25, 0.3) is 0 Å². The van der Waals surface area contributed by atoms with Gasteiger partial charge in [-0.2, -0.15) is 0 Å². The number of likely N-dealkylation sites (tertiary alicyclic amines) is 1. The van der Waals surface area contributed by atoms with Gasteiger partial charge in [0.25, 0.3) is 0 Å². The lowest BCUT2D eigenvalue weighted by Gasteiger charge is -2.44. The first-order chi connectivity index (χ1) is 5.95. The highest BCUT2D eigenvalue weighted by Gasteiger charge is 2.31. The Labute approximate surface area is 82.5 Å². The van der Waals surface area contributed by atoms with E-state index in [9.17, 15) is 0 Å². The van der Waals surface area contributed by atoms with Crippen LogP contribution in [-0.2, 0) is 0 Å². The van der Waals surface area contributed by atoms with Crippen LogP contribution in [0.3, 0.4) is 0 Å². The van der Waals surface area contributed by atoms with Gasteiger partial charge >= 0.3 is 0 Å². The largest absolute Gasteiger partial charge is 0.329 e. The molecule has 1 aliphatic heterocycles. The Balaban J connectivity index is 2.59. The molecule has 0 aromatic heterocycles. The van der Waals surface area contributed by atoms with Gasteiger partial charge in [-0.1, -0.05) is 13.8 Å². The van der Waals surface area contributed by atoms with Crippen LogP contribution in [0.1, 0.15) is 34.1 Å². The summed E-state index contributed by atoms with van der Waals surface area (Å²) in [5.41, 5.74) is 5.97. The molecule has 13 heavy (non-hydrogen) atoms. The van der Waals surface area contributed by atoms with Gasteiger partial charge in [0, 0.05) is 25.2 Å². The van der Waals surface area contributed by atoms with E-state index in [1.54, 1.807) is 0 Å². The highest BCUT2D eigenvalue weighted by Crippen LogP contribution is 2.26. The lowest BCUT2D eigenvalue weighted by atomic mass is 9.88. The van der Waals surface area contributed by atoms with E-state index in [-0.39, 0.29) is 5.54 Å². The van der Waals surface area contributed by atoms with Crippen LogP contribution in [0.5, 0.6) is 0 Å². The zero-order chi connectivity index (χ0) is 10.1. The highest BCUT2D eigenvalue weighted by molar-refractivity contribution is 4.87. The first-order valence-corrected chi connectivity index (χ1v) is 5.41. The van der Waals surface area contributed by atoms with Gasteiger partial charge in [-0.25, -0.2) is 0 Å². The average molecular weight is 184 g/mol. The summed E-state index contributed by atoms with van der Waals surface area (Å²) < 4.78 is 0. The van der Waals surface area contributed by atoms with Crippen LogP contribution in [-0.4, -0.2) is 30.1 Å². The van der Waals surface area contributed by atoms with Gasteiger partial charge < -0.3 is 5.73 Å². The highest BCUT2D eigenvalue weighted by atomic mass is 15.2. The molecule has 0 bridgehead atoms. The van der Waals surface area contributed by atoms with Crippen molar-refractivity contribution in [1.82, 2.24) is 4.90 Å². The number of hydrogen-bond donors (Lipinski definition) is 1. The maximum atomic E-state index is 5.79. The molecule has 0 spiro atoms. The molecule has 0 aromatic carbocycles. The van der Waals surface area contributed by atoms with Crippen molar-refractivity contribution in [1.29, 1.82) is 0 Å². The van der Waals surface area contributed by atoms with Crippen molar-refractivity contribution in [3.8, 4) is 0 Å². The summed E-state index contributed by atoms with van der Waals surface area (Å²) in [4.78, 5) is 2.55. The zero-order valence-corrected chi connectivity index (χ0v) is 9.51. The number of nitrogens with zero attached hydrogens (tertiary/aromatic N) is 1. The third-order valence-electron chi connectivity index (χ3n) is 3.22. The van der Waals surface area contributed by atoms with Crippen molar-refractivity contribution >= 4 is 0 Å². The quantitative estimate of drug-likeness (QED) is 0.708. The van der Waals surface area contributed by atoms with E-state index in [0.29, 0.717) is 0 Å². The first-order valence-electron chi connectivity index (χ1n) is 5.41. The molecular weight excluding hydrogens is 160 g/mol. The van der Waals surface area contributed by atoms with E-state index >= 15 is 0 Å². The Hall–Kier alpha value is -0.0800. The smallest absolute Gasteiger partial charge is 0.0275 e. The van der Waals surface area contributed by atoms with Gasteiger partial charge in [0.05, 0.1) is 0 Å². The molecule has 0 unspecified atom stereocenters. The molecule has 0 radical (unpaired) electrons. The van der Waals surface area contributed by atoms with Crippen LogP contribution in [0.4, 0.5) is 0 Å². The molecule has 0 aliphatic carbocycles. The molecule has 1 aliphatic rings. The number of rotatable bonds is 2. The van der Waals surface area contributed by atoms with E-state index in [0.717, 1.165) is 18.4 Å². The van der Waals surface area contributed by atoms with Crippen LogP contribution in [0.15, 0.2) is 0 Å². The number of piperidine rings is 1. The maximum absolute atomic E-state index is 5.79. The Kier molecular flexibility index (Phi) is 3.36. The zero-order valence-electron chi connectivity index (χ0n) is 9.51. The number of nitrogens with two attached hydrogens (primary N) is 1. The molecule has 0 amide bonds. The Bertz CT molecular complexity index is 155. The second-order valence-electron chi connectivity index (χ2n) is 5.37. The minimum atomic E-state index is 0.183. The average Bonchev–Trinajstić information content (AvgIpc) is 2.02. The summed E-state index contributed by atoms with van der Waals surface area (Å²) in [6.45, 7) is 12.4. The topological polar surface area (TPSA) is 29.3 Å². The second-order valence-corrected chi connectivity index (χ2v) is 5.37. The van der Waals surface area contributed by atoms with Crippen LogP contribution in [0.2, 0.25) is 0 Å². The number of hydrogen-bond acceptors (Lipinski definition) is 2. The summed E-state index contributed by atoms with van der Waals surface area (Å²) in [5.74, 6) is 1.66. The summed E-state index contributed by atoms with van der Waals surface area (Å²) in [5, 5.41) is 0. The SMILES string of the molecule is C[C@@H]1C[C@@H](C)CN(C(C)(C)CN)C1. The molecule has 2 atom stereocenters. The summed E-state index contributed by atoms with van der Waals surface area (Å²) in [6, 6.07) is 0. The fourth-order valence-corrected chi connectivity index (χ4v) is 2.29. The Morgan fingerprint density at radius 3 is 2.08 bits per heavy atom. The molecule has 1 rings (SSSR count). The minimum absolute atomic E-state index is 0.183. The standard InChI is InChI=1S/C11H24N2/c1-9-5-10(2)7-13(6-9)11(3,4)8-12/h9-10H,5-8,12H2,1-4H3/t9-,10-/m1/s1. The lowest BCUT2D eigenvalue weighted by Crippen LogP contribution is -2.54. The molecule has 2 N–H and O–H groups in total. The van der Waals surface area contributed by atoms with Gasteiger partial charge in [-0.05, 0) is 32.1 Å². The minimum Gasteiger partial charge on any atom is -0.329 e. The van der Waals surface area contributed by atoms with Crippen molar-refractivity contribution in [2.45, 2.75) is 39.7 Å². The van der Waals surface area contributed by atoms with E-state index < -0.39 is 0 Å². The molecule has 2 heteroatoms. The molecule has 1 saturated heterocycles. The van der Waals surface area contributed by atoms with Crippen molar-refractivity contribution < 1.29 is 0 Å². The normalized spacial score (nSPS) is 32.1. The van der Waals surface area contributed by atoms with Crippen molar-refractivity contribution in [2.75, 3.05) is 19.6 Å². The van der Waals surface area contributed by atoms with E-state index in [4.69, 9.17) is 5.73 Å². The van der Waals surface area contributed by atoms with Crippen LogP contribution >= 0.6 is 0 Å². The van der Waals surface area contributed by atoms with Gasteiger partial charge in [0.2, 0.25) is 0 Å². The molecular formula is C11H24N2. The molecule has 0 aromatic rings. The van der Waals surface area contributed by atoms with Crippen molar-refractivity contribution in [3.05, 3.63) is 0 Å². The van der Waals surface area contributed by atoms with Crippen LogP contribution < -0.4 is 5.73 Å². The van der Waals surface area contributed by atoms with Crippen molar-refractivity contribution in [3.63, 3.8) is 0 Å². The van der Waals surface area contributed by atoms with E-state index in [1.807, 2.05) is 0 Å². The molecule has 1 heterocycles. The van der Waals surface area contributed by atoms with Gasteiger partial charge in [-0.3, -0.25) is 4.90 Å². The van der Waals surface area contributed by atoms with E-state index in [1.165, 1.54) is 19.5 Å². The monoisotopic (exact) mass is 184 g/mol. The van der Waals surface area contributed by atoms with Crippen LogP contribution in [0, 0.1) is 11.8 Å². The Morgan fingerprint density at radius 2 is 1.69 bits per heavy atom. The summed E-state index contributed by atoms with van der Waals surface area (Å²) >= 11 is 0. The molecule has 0 saturated carbocycles. The van der Waals surface area contributed by atoms with Crippen molar-refractivity contribution in [2.24, 2.45) is 17.6 Å². The summed E-state index contributed by atoms with van der Waals surface area (Å²) in [6.07, 6.45) is 1.37. The molecule has 2 nitrogen and oxygen atoms in total. The van der Waals surface area contributed by atoms with E-state index in [2.05, 4.69) is 32.6 Å². The third-order valence-corrected chi connectivity index (χ3v) is 3.22. The van der Waals surface area contributed by atoms with Gasteiger partial charge in [-0.15, -0.1) is 0 Å². The predicted molar refractivity (Wildman–Crippen MR) is 57.7 cm³/mol. The fourth-order valence-electron chi connectivity index (χ4n) is 2.29. The lowest BCUT2D eigenvalue weighted by molar-refractivity contribution is 0.0510. The fraction of sp³-hybridized carbons (Fsp3) is 1.00. The predicted octanol–water partition coefficient (Wildman–Crippen LogP) is 1.70. The molecule has 78 valence electrons. The molecule has 1 fully saturated rings. The Morgan fingerprint density at radius 1 is 1.23 bits per heavy atom. The maximum Gasteiger partial charge on any atom is 0.0275 e. The van der Waals surface area contributed by atoms with Gasteiger partial charge in [0.15, 0.2) is 0 Å².